The minimum Gasteiger partial charge on any atom is -0.492 e. The van der Waals surface area contributed by atoms with Crippen LogP contribution in [0.25, 0.3) is 11.0 Å². The highest BCUT2D eigenvalue weighted by Gasteiger charge is 2.47. The monoisotopic (exact) mass is 730 g/mol. The van der Waals surface area contributed by atoms with E-state index < -0.39 is 12.1 Å². The van der Waals surface area contributed by atoms with Gasteiger partial charge in [0, 0.05) is 25.0 Å². The molecule has 0 radical (unpaired) electrons. The number of rotatable bonds is 15. The third-order valence-electron chi connectivity index (χ3n) is 10.1. The van der Waals surface area contributed by atoms with Crippen LogP contribution in [0.2, 0.25) is 0 Å². The number of fused-ring (bicyclic) bond motifs is 2. The number of aldehydes is 1. The number of nitroso groups, excluding NO2 is 1. The average Bonchev–Trinajstić information content (AvgIpc) is 3.68. The number of ether oxygens (including phenoxy) is 1. The molecule has 4 N–H and O–H groups in total. The van der Waals surface area contributed by atoms with Gasteiger partial charge in [0.15, 0.2) is 6.04 Å². The van der Waals surface area contributed by atoms with E-state index in [9.17, 15) is 19.3 Å². The van der Waals surface area contributed by atoms with Gasteiger partial charge in [-0.15, -0.1) is 17.8 Å². The molecule has 2 amide bonds. The van der Waals surface area contributed by atoms with Crippen molar-refractivity contribution in [3.05, 3.63) is 57.6 Å². The van der Waals surface area contributed by atoms with E-state index in [0.717, 1.165) is 48.8 Å². The van der Waals surface area contributed by atoms with Crippen LogP contribution in [0.15, 0.2) is 46.6 Å². The van der Waals surface area contributed by atoms with Crippen LogP contribution in [0.5, 0.6) is 5.75 Å². The number of nitrogens with two attached hydrogens (primary N) is 1. The number of likely N-dealkylation sites (tertiary alicyclic amines) is 1. The molecule has 53 heavy (non-hydrogen) atoms. The van der Waals surface area contributed by atoms with Crippen molar-refractivity contribution in [2.24, 2.45) is 40.5 Å². The van der Waals surface area contributed by atoms with Gasteiger partial charge in [0.2, 0.25) is 12.4 Å². The molecule has 1 saturated heterocycles. The summed E-state index contributed by atoms with van der Waals surface area (Å²) in [7, 11) is 0. The lowest BCUT2D eigenvalue weighted by atomic mass is 9.96. The van der Waals surface area contributed by atoms with E-state index in [1.165, 1.54) is 43.4 Å². The number of aromatic nitrogens is 4. The summed E-state index contributed by atoms with van der Waals surface area (Å²) >= 11 is 0. The van der Waals surface area contributed by atoms with E-state index in [2.05, 4.69) is 49.0 Å². The number of nitrogens with zero attached hydrogens (tertiary/aromatic N) is 5. The van der Waals surface area contributed by atoms with Crippen LogP contribution >= 0.6 is 0 Å². The number of primary amides is 1. The molecule has 3 unspecified atom stereocenters. The maximum absolute atomic E-state index is 12.5. The summed E-state index contributed by atoms with van der Waals surface area (Å²) in [6, 6.07) is 6.14. The number of terminal acetylenes is 1. The Morgan fingerprint density at radius 3 is 2.51 bits per heavy atom. The van der Waals surface area contributed by atoms with Crippen LogP contribution in [-0.4, -0.2) is 75.2 Å². The molecule has 14 heteroatoms. The first kappa shape index (κ1) is 42.2. The first-order valence-corrected chi connectivity index (χ1v) is 18.4. The Labute approximate surface area is 311 Å². The number of anilines is 1. The van der Waals surface area contributed by atoms with Crippen LogP contribution in [-0.2, 0) is 20.8 Å². The molecule has 14 nitrogen and oxygen atoms in total. The lowest BCUT2D eigenvalue weighted by molar-refractivity contribution is -0.137. The Bertz CT molecular complexity index is 1680. The summed E-state index contributed by atoms with van der Waals surface area (Å²) in [5, 5.41) is 5.97. The fraction of sp³-hybridized carbons (Fsp3) is 0.564. The van der Waals surface area contributed by atoms with Gasteiger partial charge in [-0.1, -0.05) is 45.2 Å². The lowest BCUT2D eigenvalue weighted by Gasteiger charge is -2.25. The number of benzene rings is 1. The van der Waals surface area contributed by atoms with Crippen molar-refractivity contribution in [2.75, 3.05) is 25.0 Å². The van der Waals surface area contributed by atoms with Crippen molar-refractivity contribution >= 4 is 35.6 Å². The highest BCUT2D eigenvalue weighted by Crippen LogP contribution is 2.56. The second kappa shape index (κ2) is 22.0. The number of unbranched alkanes of at least 4 members (excludes halogenated alkanes) is 2. The number of aryl methyl sites for hydroxylation is 1. The van der Waals surface area contributed by atoms with Crippen LogP contribution in [0.3, 0.4) is 0 Å². The van der Waals surface area contributed by atoms with E-state index in [-0.39, 0.29) is 29.7 Å². The Kier molecular flexibility index (Phi) is 17.5. The van der Waals surface area contributed by atoms with Gasteiger partial charge in [-0.2, -0.15) is 0 Å². The average molecular weight is 731 g/mol. The topological polar surface area (TPSA) is 203 Å². The molecule has 1 aromatic carbocycles. The summed E-state index contributed by atoms with van der Waals surface area (Å²) < 4.78 is 5.78. The first-order chi connectivity index (χ1) is 25.7. The van der Waals surface area contributed by atoms with Gasteiger partial charge in [-0.25, -0.2) is 15.0 Å². The van der Waals surface area contributed by atoms with Gasteiger partial charge in [-0.3, -0.25) is 14.4 Å². The molecular weight excluding hydrogens is 676 g/mol. The van der Waals surface area contributed by atoms with Gasteiger partial charge in [0.05, 0.1) is 23.6 Å². The van der Waals surface area contributed by atoms with E-state index in [4.69, 9.17) is 9.53 Å². The van der Waals surface area contributed by atoms with Gasteiger partial charge >= 0.3 is 0 Å². The SMILES string of the molecule is C#C.CC(C)[C@H](N=O)C(=O)N1CC[C@@H](C)C1C=O.NC=O.O=c1[nH]c2cc(OCCNc3ncccn3)ccc2nc1CCCCC[C@H]1CCC2CC21. The maximum atomic E-state index is 12.5. The van der Waals surface area contributed by atoms with Gasteiger partial charge in [-0.05, 0) is 86.3 Å². The Morgan fingerprint density at radius 1 is 1.15 bits per heavy atom. The lowest BCUT2D eigenvalue weighted by Crippen LogP contribution is -2.45. The van der Waals surface area contributed by atoms with Gasteiger partial charge < -0.3 is 30.5 Å². The minimum absolute atomic E-state index is 0.0887. The molecule has 286 valence electrons. The van der Waals surface area contributed by atoms with Crippen molar-refractivity contribution in [1.82, 2.24) is 24.8 Å². The van der Waals surface area contributed by atoms with Crippen molar-refractivity contribution in [3.63, 3.8) is 0 Å². The molecule has 3 aliphatic rings. The number of aromatic amines is 1. The number of hydrogen-bond acceptors (Lipinski definition) is 11. The Balaban J connectivity index is 0.000000303. The first-order valence-electron chi connectivity index (χ1n) is 18.4. The fourth-order valence-electron chi connectivity index (χ4n) is 7.20. The molecule has 0 bridgehead atoms. The zero-order valence-corrected chi connectivity index (χ0v) is 31.1. The molecule has 3 heterocycles. The van der Waals surface area contributed by atoms with E-state index in [1.807, 2.05) is 25.1 Å². The molecule has 0 spiro atoms. The third kappa shape index (κ3) is 12.5. The number of hydrogen-bond donors (Lipinski definition) is 3. The molecule has 2 saturated carbocycles. The van der Waals surface area contributed by atoms with Gasteiger partial charge in [0.1, 0.15) is 24.3 Å². The van der Waals surface area contributed by atoms with Crippen LogP contribution < -0.4 is 21.3 Å². The standard InChI is InChI=1S/C25H31N5O2.C11H18N2O3.C2H2.CH3NO/c31-24-22(6-3-1-2-5-17-7-8-18-15-20(17)18)29-21-10-9-19(16-23(21)30-24)32-14-13-28-25-26-11-4-12-27-25;1-7(2)10(12-16)11(15)13-5-4-8(3)9(13)6-14;1-2;2-1-3/h4,9-12,16-18,20H,1-3,5-8,13-15H2,(H,30,31)(H,26,27,28);6-10H,4-5H2,1-3H3;1-2H;1H,(H2,2,3)/t17-,18?,20?;8-,9?,10+;;/m01../s1. The highest BCUT2D eigenvalue weighted by molar-refractivity contribution is 5.85. The van der Waals surface area contributed by atoms with Crippen LogP contribution in [0.4, 0.5) is 5.95 Å². The summed E-state index contributed by atoms with van der Waals surface area (Å²) in [4.78, 5) is 71.9. The van der Waals surface area contributed by atoms with Crippen molar-refractivity contribution in [3.8, 4) is 18.6 Å². The normalized spacial score (nSPS) is 21.3. The van der Waals surface area contributed by atoms with Crippen molar-refractivity contribution in [2.45, 2.75) is 90.6 Å². The summed E-state index contributed by atoms with van der Waals surface area (Å²) in [5.41, 5.74) is 6.22. The number of amides is 2. The zero-order valence-electron chi connectivity index (χ0n) is 31.1. The molecule has 6 atom stereocenters. The second-order valence-corrected chi connectivity index (χ2v) is 14.0. The predicted molar refractivity (Wildman–Crippen MR) is 205 cm³/mol. The van der Waals surface area contributed by atoms with Crippen molar-refractivity contribution in [1.29, 1.82) is 0 Å². The van der Waals surface area contributed by atoms with Gasteiger partial charge in [0.25, 0.3) is 11.5 Å². The molecule has 1 aliphatic heterocycles. The second-order valence-electron chi connectivity index (χ2n) is 14.0. The molecule has 3 fully saturated rings. The van der Waals surface area contributed by atoms with Crippen LogP contribution in [0.1, 0.15) is 77.8 Å². The Hall–Kier alpha value is -5.19. The highest BCUT2D eigenvalue weighted by atomic mass is 16.5. The molecule has 6 rings (SSSR count). The zero-order chi connectivity index (χ0) is 38.8. The third-order valence-corrected chi connectivity index (χ3v) is 10.1. The molecule has 2 aliphatic carbocycles. The van der Waals surface area contributed by atoms with E-state index in [1.54, 1.807) is 32.3 Å². The minimum atomic E-state index is -0.868. The number of carbonyl (C=O) groups excluding carboxylic acids is 3. The van der Waals surface area contributed by atoms with Crippen molar-refractivity contribution < 1.29 is 19.1 Å². The summed E-state index contributed by atoms with van der Waals surface area (Å²) in [6.07, 6.45) is 23.2. The largest absolute Gasteiger partial charge is 0.492 e. The Morgan fingerprint density at radius 2 is 1.89 bits per heavy atom. The van der Waals surface area contributed by atoms with Crippen LogP contribution in [0, 0.1) is 47.3 Å². The summed E-state index contributed by atoms with van der Waals surface area (Å²) in [6.45, 7) is 7.07. The fourth-order valence-corrected chi connectivity index (χ4v) is 7.20. The number of carbonyl (C=O) groups is 3. The molecule has 2 aromatic heterocycles. The number of nitrogens with one attached hydrogen (secondary N) is 2. The maximum Gasteiger partial charge on any atom is 0.270 e. The smallest absolute Gasteiger partial charge is 0.270 e. The number of H-pyrrole nitrogens is 1. The quantitative estimate of drug-likeness (QED) is 0.0834. The molecule has 3 aromatic rings. The van der Waals surface area contributed by atoms with E-state index >= 15 is 0 Å². The van der Waals surface area contributed by atoms with E-state index in [0.29, 0.717) is 42.6 Å². The predicted octanol–water partition coefficient (Wildman–Crippen LogP) is 4.92. The molecular formula is C39H54N8O6. The summed E-state index contributed by atoms with van der Waals surface area (Å²) in [5.74, 6) is 4.12.